The normalized spacial score (nSPS) is 18.5. The lowest BCUT2D eigenvalue weighted by molar-refractivity contribution is -0.149. The number of hydrogen-bond donors (Lipinski definition) is 2. The summed E-state index contributed by atoms with van der Waals surface area (Å²) in [5, 5.41) is 9.54. The first-order valence-electron chi connectivity index (χ1n) is 7.82. The van der Waals surface area contributed by atoms with Gasteiger partial charge in [0, 0.05) is 17.6 Å². The molecule has 0 bridgehead atoms. The third-order valence-electron chi connectivity index (χ3n) is 4.36. The molecule has 0 aliphatic carbocycles. The highest BCUT2D eigenvalue weighted by Gasteiger charge is 2.36. The van der Waals surface area contributed by atoms with E-state index in [-0.39, 0.29) is 18.9 Å². The van der Waals surface area contributed by atoms with Crippen LogP contribution in [0.4, 0.5) is 0 Å². The van der Waals surface area contributed by atoms with Gasteiger partial charge in [-0.3, -0.25) is 4.79 Å². The van der Waals surface area contributed by atoms with Crippen molar-refractivity contribution in [1.29, 1.82) is 0 Å². The Balaban J connectivity index is 1.70. The maximum absolute atomic E-state index is 13.0. The van der Waals surface area contributed by atoms with Gasteiger partial charge in [0.05, 0.1) is 30.5 Å². The molecular formula is C18H15N3O4. The van der Waals surface area contributed by atoms with Crippen molar-refractivity contribution in [2.75, 3.05) is 0 Å². The fraction of sp³-hybridized carbons (Fsp3) is 0.167. The van der Waals surface area contributed by atoms with Crippen LogP contribution in [0.3, 0.4) is 0 Å². The highest BCUT2D eigenvalue weighted by atomic mass is 16.5. The van der Waals surface area contributed by atoms with Gasteiger partial charge in [0.2, 0.25) is 0 Å². The van der Waals surface area contributed by atoms with Gasteiger partial charge >= 0.3 is 5.97 Å². The molecule has 0 saturated heterocycles. The first-order chi connectivity index (χ1) is 12.1. The van der Waals surface area contributed by atoms with Crippen LogP contribution in [0, 0.1) is 0 Å². The highest BCUT2D eigenvalue weighted by Crippen LogP contribution is 2.27. The molecule has 2 aliphatic heterocycles. The Morgan fingerprint density at radius 1 is 1.32 bits per heavy atom. The molecule has 7 heteroatoms. The smallest absolute Gasteiger partial charge is 0.326 e. The third kappa shape index (κ3) is 2.69. The summed E-state index contributed by atoms with van der Waals surface area (Å²) in [4.78, 5) is 33.1. The lowest BCUT2D eigenvalue weighted by atomic mass is 10.0. The number of carbonyl (C=O) groups is 2. The molecule has 0 saturated carbocycles. The van der Waals surface area contributed by atoms with Gasteiger partial charge in [-0.25, -0.2) is 9.78 Å². The predicted octanol–water partition coefficient (Wildman–Crippen LogP) is 1.74. The number of imidazole rings is 1. The van der Waals surface area contributed by atoms with E-state index < -0.39 is 12.0 Å². The van der Waals surface area contributed by atoms with Gasteiger partial charge in [-0.15, -0.1) is 0 Å². The van der Waals surface area contributed by atoms with Crippen molar-refractivity contribution < 1.29 is 19.4 Å². The average molecular weight is 337 g/mol. The van der Waals surface area contributed by atoms with Crippen molar-refractivity contribution in [1.82, 2.24) is 14.9 Å². The number of hydrogen-bond acceptors (Lipinski definition) is 4. The van der Waals surface area contributed by atoms with Crippen molar-refractivity contribution in [2.45, 2.75) is 19.0 Å². The van der Waals surface area contributed by atoms with E-state index in [0.717, 1.165) is 11.3 Å². The fourth-order valence-corrected chi connectivity index (χ4v) is 3.07. The number of carbonyl (C=O) groups excluding carboxylic acids is 1. The van der Waals surface area contributed by atoms with Crippen LogP contribution in [0.5, 0.6) is 5.75 Å². The Bertz CT molecular complexity index is 913. The Hall–Kier alpha value is -3.35. The minimum absolute atomic E-state index is 0.179. The summed E-state index contributed by atoms with van der Waals surface area (Å²) in [7, 11) is 0. The van der Waals surface area contributed by atoms with E-state index in [1.54, 1.807) is 18.2 Å². The number of nitrogens with one attached hydrogen (secondary N) is 1. The maximum atomic E-state index is 13.0. The van der Waals surface area contributed by atoms with E-state index in [0.29, 0.717) is 17.0 Å². The van der Waals surface area contributed by atoms with Gasteiger partial charge < -0.3 is 19.7 Å². The Kier molecular flexibility index (Phi) is 3.61. The SMILES string of the molecule is O=C(O)C1Cc2nc[nH]c2CN1C(=O)C1=Cc2ccccc2OC=C1. The second kappa shape index (κ2) is 5.94. The van der Waals surface area contributed by atoms with Crippen LogP contribution in [0.25, 0.3) is 6.08 Å². The van der Waals surface area contributed by atoms with E-state index in [2.05, 4.69) is 9.97 Å². The molecule has 1 aromatic heterocycles. The van der Waals surface area contributed by atoms with Crippen molar-refractivity contribution in [3.05, 3.63) is 65.5 Å². The number of carboxylic acids is 1. The molecule has 1 amide bonds. The van der Waals surface area contributed by atoms with Crippen molar-refractivity contribution in [2.24, 2.45) is 0 Å². The molecule has 7 nitrogen and oxygen atoms in total. The molecule has 0 radical (unpaired) electrons. The monoisotopic (exact) mass is 337 g/mol. The van der Waals surface area contributed by atoms with Crippen LogP contribution in [0.1, 0.15) is 17.0 Å². The van der Waals surface area contributed by atoms with Crippen LogP contribution in [-0.4, -0.2) is 37.9 Å². The highest BCUT2D eigenvalue weighted by molar-refractivity contribution is 6.02. The molecule has 4 rings (SSSR count). The van der Waals surface area contributed by atoms with Gasteiger partial charge in [0.15, 0.2) is 0 Å². The fourth-order valence-electron chi connectivity index (χ4n) is 3.07. The molecule has 1 atom stereocenters. The van der Waals surface area contributed by atoms with Crippen molar-refractivity contribution in [3.8, 4) is 5.75 Å². The number of fused-ring (bicyclic) bond motifs is 2. The van der Waals surface area contributed by atoms with Crippen molar-refractivity contribution in [3.63, 3.8) is 0 Å². The Morgan fingerprint density at radius 3 is 3.00 bits per heavy atom. The minimum atomic E-state index is -1.04. The van der Waals surface area contributed by atoms with Gasteiger partial charge in [-0.1, -0.05) is 18.2 Å². The molecule has 3 heterocycles. The molecule has 2 N–H and O–H groups in total. The number of aromatic nitrogens is 2. The molecule has 0 spiro atoms. The number of rotatable bonds is 2. The number of nitrogens with zero attached hydrogens (tertiary/aromatic N) is 2. The summed E-state index contributed by atoms with van der Waals surface area (Å²) in [6, 6.07) is 6.40. The summed E-state index contributed by atoms with van der Waals surface area (Å²) in [6.45, 7) is 0.179. The lowest BCUT2D eigenvalue weighted by Gasteiger charge is -2.32. The minimum Gasteiger partial charge on any atom is -0.480 e. The number of aliphatic carboxylic acids is 1. The molecule has 2 aromatic rings. The number of carboxylic acid groups (broad SMARTS) is 1. The van der Waals surface area contributed by atoms with E-state index in [4.69, 9.17) is 4.74 Å². The second-order valence-electron chi connectivity index (χ2n) is 5.88. The van der Waals surface area contributed by atoms with Crippen LogP contribution < -0.4 is 4.74 Å². The second-order valence-corrected chi connectivity index (χ2v) is 5.88. The van der Waals surface area contributed by atoms with Gasteiger partial charge in [-0.2, -0.15) is 0 Å². The zero-order valence-electron chi connectivity index (χ0n) is 13.2. The zero-order valence-corrected chi connectivity index (χ0v) is 13.2. The summed E-state index contributed by atoms with van der Waals surface area (Å²) in [5.74, 6) is -0.758. The van der Waals surface area contributed by atoms with E-state index in [1.807, 2.05) is 18.2 Å². The number of amides is 1. The number of ether oxygens (including phenoxy) is 1. The van der Waals surface area contributed by atoms with E-state index in [9.17, 15) is 14.7 Å². The number of benzene rings is 1. The summed E-state index contributed by atoms with van der Waals surface area (Å²) >= 11 is 0. The third-order valence-corrected chi connectivity index (χ3v) is 4.36. The molecule has 1 aromatic carbocycles. The van der Waals surface area contributed by atoms with Gasteiger partial charge in [0.1, 0.15) is 11.8 Å². The van der Waals surface area contributed by atoms with Crippen LogP contribution in [-0.2, 0) is 22.6 Å². The number of aromatic amines is 1. The predicted molar refractivity (Wildman–Crippen MR) is 88.5 cm³/mol. The molecule has 126 valence electrons. The first kappa shape index (κ1) is 15.2. The molecule has 25 heavy (non-hydrogen) atoms. The van der Waals surface area contributed by atoms with Crippen molar-refractivity contribution >= 4 is 18.0 Å². The lowest BCUT2D eigenvalue weighted by Crippen LogP contribution is -2.49. The summed E-state index contributed by atoms with van der Waals surface area (Å²) < 4.78 is 5.50. The molecule has 2 aliphatic rings. The standard InChI is InChI=1S/C18H15N3O4/c22-17(12-5-6-25-16-4-2-1-3-11(16)7-12)21-9-14-13(19-10-20-14)8-15(21)18(23)24/h1-7,10,15H,8-9H2,(H,19,20)(H,23,24). The quantitative estimate of drug-likeness (QED) is 0.870. The van der Waals surface area contributed by atoms with Crippen LogP contribution >= 0.6 is 0 Å². The summed E-state index contributed by atoms with van der Waals surface area (Å²) in [6.07, 6.45) is 6.42. The van der Waals surface area contributed by atoms with Gasteiger partial charge in [-0.05, 0) is 18.2 Å². The van der Waals surface area contributed by atoms with Crippen LogP contribution in [0.2, 0.25) is 0 Å². The Morgan fingerprint density at radius 2 is 2.16 bits per heavy atom. The maximum Gasteiger partial charge on any atom is 0.326 e. The zero-order chi connectivity index (χ0) is 17.4. The first-order valence-corrected chi connectivity index (χ1v) is 7.82. The largest absolute Gasteiger partial charge is 0.480 e. The number of H-pyrrole nitrogens is 1. The molecule has 1 unspecified atom stereocenters. The Labute approximate surface area is 143 Å². The number of para-hydroxylation sites is 1. The topological polar surface area (TPSA) is 95.5 Å². The van der Waals surface area contributed by atoms with E-state index >= 15 is 0 Å². The van der Waals surface area contributed by atoms with Gasteiger partial charge in [0.25, 0.3) is 5.91 Å². The van der Waals surface area contributed by atoms with Crippen LogP contribution in [0.15, 0.2) is 48.5 Å². The summed E-state index contributed by atoms with van der Waals surface area (Å²) in [5.41, 5.74) is 2.59. The average Bonchev–Trinajstić information content (AvgIpc) is 2.96. The molecule has 0 fully saturated rings. The van der Waals surface area contributed by atoms with E-state index in [1.165, 1.54) is 17.5 Å². The molecular weight excluding hydrogens is 322 g/mol.